The van der Waals surface area contributed by atoms with Crippen LogP contribution in [0.25, 0.3) is 16.8 Å². The highest BCUT2D eigenvalue weighted by Gasteiger charge is 2.41. The van der Waals surface area contributed by atoms with Crippen LogP contribution in [0.5, 0.6) is 0 Å². The molecule has 2 aliphatic rings. The molecule has 1 fully saturated rings. The first-order valence-corrected chi connectivity index (χ1v) is 11.4. The summed E-state index contributed by atoms with van der Waals surface area (Å²) >= 11 is 6.30. The Kier molecular flexibility index (Phi) is 4.47. The van der Waals surface area contributed by atoms with E-state index >= 15 is 0 Å². The summed E-state index contributed by atoms with van der Waals surface area (Å²) < 4.78 is 16.0. The number of anilines is 1. The van der Waals surface area contributed by atoms with Gasteiger partial charge in [0.1, 0.15) is 11.3 Å². The molecule has 0 radical (unpaired) electrons. The molecule has 0 N–H and O–H groups in total. The van der Waals surface area contributed by atoms with Crippen molar-refractivity contribution in [2.24, 2.45) is 5.41 Å². The first kappa shape index (κ1) is 19.7. The molecule has 5 nitrogen and oxygen atoms in total. The molecule has 0 unspecified atom stereocenters. The van der Waals surface area contributed by atoms with Crippen LogP contribution in [0.1, 0.15) is 29.8 Å². The summed E-state index contributed by atoms with van der Waals surface area (Å²) in [5, 5.41) is 4.63. The van der Waals surface area contributed by atoms with Crippen molar-refractivity contribution in [1.82, 2.24) is 19.6 Å². The lowest BCUT2D eigenvalue weighted by molar-refractivity contribution is 0.231. The largest absolute Gasteiger partial charge is 0.355 e. The minimum Gasteiger partial charge on any atom is -0.355 e. The highest BCUT2D eigenvalue weighted by atomic mass is 35.5. The van der Waals surface area contributed by atoms with Gasteiger partial charge in [-0.05, 0) is 61.8 Å². The second-order valence-electron chi connectivity index (χ2n) is 9.05. The summed E-state index contributed by atoms with van der Waals surface area (Å²) in [6, 6.07) is 11.1. The fraction of sp³-hybridized carbons (Fsp3) is 0.320. The lowest BCUT2D eigenvalue weighted by atomic mass is 9.76. The monoisotopic (exact) mass is 447 g/mol. The topological polar surface area (TPSA) is 46.3 Å². The number of hydrogen-bond donors (Lipinski definition) is 0. The van der Waals surface area contributed by atoms with Crippen LogP contribution < -0.4 is 4.90 Å². The maximum absolute atomic E-state index is 14.1. The second kappa shape index (κ2) is 7.27. The van der Waals surface area contributed by atoms with E-state index in [4.69, 9.17) is 16.6 Å². The van der Waals surface area contributed by atoms with Crippen LogP contribution >= 0.6 is 11.6 Å². The van der Waals surface area contributed by atoms with E-state index in [1.165, 1.54) is 17.3 Å². The van der Waals surface area contributed by atoms with E-state index in [1.807, 2.05) is 35.8 Å². The number of pyridine rings is 1. The van der Waals surface area contributed by atoms with Gasteiger partial charge in [0.2, 0.25) is 0 Å². The fourth-order valence-electron chi connectivity index (χ4n) is 5.46. The lowest BCUT2D eigenvalue weighted by Crippen LogP contribution is -2.41. The van der Waals surface area contributed by atoms with Gasteiger partial charge in [-0.25, -0.2) is 13.9 Å². The predicted molar refractivity (Wildman–Crippen MR) is 124 cm³/mol. The van der Waals surface area contributed by atoms with E-state index in [2.05, 4.69) is 21.0 Å². The van der Waals surface area contributed by atoms with Crippen LogP contribution in [-0.4, -0.2) is 32.7 Å². The second-order valence-corrected chi connectivity index (χ2v) is 9.43. The molecular weight excluding hydrogens is 425 g/mol. The molecule has 0 atom stereocenters. The van der Waals surface area contributed by atoms with Crippen molar-refractivity contribution in [2.75, 3.05) is 18.0 Å². The maximum Gasteiger partial charge on any atom is 0.155 e. The van der Waals surface area contributed by atoms with Gasteiger partial charge < -0.3 is 4.90 Å². The van der Waals surface area contributed by atoms with Gasteiger partial charge in [-0.2, -0.15) is 5.10 Å². The summed E-state index contributed by atoms with van der Waals surface area (Å²) in [4.78, 5) is 11.9. The van der Waals surface area contributed by atoms with Gasteiger partial charge in [-0.3, -0.25) is 4.98 Å². The fourth-order valence-corrected chi connectivity index (χ4v) is 5.68. The molecule has 0 saturated carbocycles. The van der Waals surface area contributed by atoms with Gasteiger partial charge in [0.25, 0.3) is 0 Å². The molecule has 1 aliphatic heterocycles. The van der Waals surface area contributed by atoms with Gasteiger partial charge in [-0.1, -0.05) is 29.8 Å². The zero-order chi connectivity index (χ0) is 21.9. The Morgan fingerprint density at radius 2 is 1.88 bits per heavy atom. The van der Waals surface area contributed by atoms with Crippen molar-refractivity contribution in [3.05, 3.63) is 76.6 Å². The van der Waals surface area contributed by atoms with Crippen LogP contribution in [0.3, 0.4) is 0 Å². The molecule has 3 aromatic heterocycles. The number of aryl methyl sites for hydroxylation is 1. The van der Waals surface area contributed by atoms with E-state index in [9.17, 15) is 4.39 Å². The average molecular weight is 448 g/mol. The van der Waals surface area contributed by atoms with Gasteiger partial charge in [0.15, 0.2) is 5.82 Å². The van der Waals surface area contributed by atoms with Crippen molar-refractivity contribution in [2.45, 2.75) is 32.6 Å². The lowest BCUT2D eigenvalue weighted by Gasteiger charge is -2.40. The number of rotatable bonds is 2. The molecule has 0 bridgehead atoms. The number of piperidine rings is 1. The predicted octanol–water partition coefficient (Wildman–Crippen LogP) is 5.28. The molecule has 7 heteroatoms. The first-order valence-electron chi connectivity index (χ1n) is 11.0. The van der Waals surface area contributed by atoms with E-state index < -0.39 is 5.82 Å². The van der Waals surface area contributed by atoms with Crippen molar-refractivity contribution < 1.29 is 4.39 Å². The highest BCUT2D eigenvalue weighted by Crippen LogP contribution is 2.45. The average Bonchev–Trinajstić information content (AvgIpc) is 3.41. The quantitative estimate of drug-likeness (QED) is 0.419. The Hall–Kier alpha value is -2.99. The minimum absolute atomic E-state index is 0.0938. The van der Waals surface area contributed by atoms with E-state index in [-0.39, 0.29) is 5.02 Å². The van der Waals surface area contributed by atoms with Crippen molar-refractivity contribution in [3.8, 4) is 11.3 Å². The van der Waals surface area contributed by atoms with Crippen LogP contribution in [0.4, 0.5) is 10.2 Å². The zero-order valence-electron chi connectivity index (χ0n) is 17.9. The van der Waals surface area contributed by atoms with Crippen LogP contribution in [0.2, 0.25) is 5.02 Å². The Morgan fingerprint density at radius 3 is 2.69 bits per heavy atom. The molecular formula is C25H23ClFN5. The Morgan fingerprint density at radius 1 is 1.03 bits per heavy atom. The van der Waals surface area contributed by atoms with Crippen molar-refractivity contribution >= 4 is 22.9 Å². The van der Waals surface area contributed by atoms with E-state index in [0.29, 0.717) is 11.0 Å². The van der Waals surface area contributed by atoms with E-state index in [0.717, 1.165) is 61.5 Å². The summed E-state index contributed by atoms with van der Waals surface area (Å²) in [5.41, 5.74) is 6.01. The van der Waals surface area contributed by atoms with Crippen molar-refractivity contribution in [1.29, 1.82) is 0 Å². The molecule has 6 rings (SSSR count). The Balaban J connectivity index is 1.34. The number of fused-ring (bicyclic) bond motifs is 2. The smallest absolute Gasteiger partial charge is 0.155 e. The molecule has 4 heterocycles. The third-order valence-electron chi connectivity index (χ3n) is 7.12. The summed E-state index contributed by atoms with van der Waals surface area (Å²) in [6.07, 6.45) is 8.09. The van der Waals surface area contributed by atoms with Crippen LogP contribution in [0.15, 0.2) is 48.8 Å². The molecule has 1 spiro atoms. The van der Waals surface area contributed by atoms with Crippen molar-refractivity contribution in [3.63, 3.8) is 0 Å². The number of hydrogen-bond acceptors (Lipinski definition) is 4. The van der Waals surface area contributed by atoms with E-state index in [1.54, 1.807) is 12.3 Å². The Labute approximate surface area is 190 Å². The molecule has 1 aromatic carbocycles. The molecule has 162 valence electrons. The molecule has 32 heavy (non-hydrogen) atoms. The minimum atomic E-state index is -0.443. The van der Waals surface area contributed by atoms with Gasteiger partial charge in [-0.15, -0.1) is 0 Å². The molecule has 1 saturated heterocycles. The van der Waals surface area contributed by atoms with Crippen LogP contribution in [0, 0.1) is 18.2 Å². The Bertz CT molecular complexity index is 1310. The normalized spacial score (nSPS) is 17.3. The highest BCUT2D eigenvalue weighted by molar-refractivity contribution is 6.33. The maximum atomic E-state index is 14.1. The van der Waals surface area contributed by atoms with Gasteiger partial charge in [0, 0.05) is 30.5 Å². The molecule has 0 amide bonds. The number of benzene rings is 1. The summed E-state index contributed by atoms with van der Waals surface area (Å²) in [5.74, 6) is 0.487. The molecule has 1 aliphatic carbocycles. The summed E-state index contributed by atoms with van der Waals surface area (Å²) in [7, 11) is 0. The zero-order valence-corrected chi connectivity index (χ0v) is 18.6. The standard InChI is InChI=1S/C25H23ClFN5/c1-16-23(18-5-2-6-19(27)22(18)26)32-21(7-11-29-32)24(30-16)31-12-8-25(9-13-31)14-17-4-3-10-28-20(17)15-25/h2-7,10-11H,8-9,12-15H2,1H3. The SMILES string of the molecule is Cc1nc(N2CCC3(CC2)Cc2cccnc2C3)c2ccnn2c1-c1cccc(F)c1Cl. The number of aromatic nitrogens is 4. The number of nitrogens with zero attached hydrogens (tertiary/aromatic N) is 5. The first-order chi connectivity index (χ1) is 15.5. The van der Waals surface area contributed by atoms with Gasteiger partial charge >= 0.3 is 0 Å². The van der Waals surface area contributed by atoms with Gasteiger partial charge in [0.05, 0.1) is 22.6 Å². The summed E-state index contributed by atoms with van der Waals surface area (Å²) in [6.45, 7) is 3.83. The number of halogens is 2. The third-order valence-corrected chi connectivity index (χ3v) is 7.51. The third kappa shape index (κ3) is 3.00. The van der Waals surface area contributed by atoms with Crippen LogP contribution in [-0.2, 0) is 12.8 Å². The molecule has 4 aromatic rings.